The fraction of sp³-hybridized carbons (Fsp3) is 0.611. The molecule has 1 saturated heterocycles. The molecule has 0 saturated carbocycles. The molecule has 1 atom stereocenters. The average molecular weight is 338 g/mol. The topological polar surface area (TPSA) is 38.8 Å². The molecule has 2 heterocycles. The lowest BCUT2D eigenvalue weighted by atomic mass is 9.82. The van der Waals surface area contributed by atoms with Crippen molar-refractivity contribution in [3.8, 4) is 11.5 Å². The van der Waals surface area contributed by atoms with E-state index in [1.807, 2.05) is 12.1 Å². The van der Waals surface area contributed by atoms with Crippen LogP contribution in [0, 0.1) is 5.92 Å². The van der Waals surface area contributed by atoms with Crippen molar-refractivity contribution >= 4 is 18.2 Å². The average Bonchev–Trinajstić information content (AvgIpc) is 2.57. The monoisotopic (exact) mass is 337 g/mol. The molecule has 5 heteroatoms. The molecule has 4 rings (SSSR count). The molecule has 0 spiro atoms. The second kappa shape index (κ2) is 7.10. The van der Waals surface area contributed by atoms with E-state index in [1.165, 1.54) is 19.3 Å². The van der Waals surface area contributed by atoms with Crippen LogP contribution >= 0.6 is 12.4 Å². The molecule has 23 heavy (non-hydrogen) atoms. The zero-order valence-electron chi connectivity index (χ0n) is 13.4. The van der Waals surface area contributed by atoms with Gasteiger partial charge >= 0.3 is 0 Å². The number of aryl methyl sites for hydroxylation is 1. The number of carbonyl (C=O) groups is 1. The highest BCUT2D eigenvalue weighted by Gasteiger charge is 2.31. The Balaban J connectivity index is 0.00000156. The summed E-state index contributed by atoms with van der Waals surface area (Å²) in [7, 11) is 0. The Morgan fingerprint density at radius 2 is 1.74 bits per heavy atom. The van der Waals surface area contributed by atoms with E-state index in [0.29, 0.717) is 19.0 Å². The van der Waals surface area contributed by atoms with E-state index in [2.05, 4.69) is 4.90 Å². The van der Waals surface area contributed by atoms with Gasteiger partial charge in [-0.2, -0.15) is 0 Å². The Morgan fingerprint density at radius 3 is 2.48 bits per heavy atom. The highest BCUT2D eigenvalue weighted by molar-refractivity contribution is 6.01. The first-order valence-corrected chi connectivity index (χ1v) is 8.50. The minimum Gasteiger partial charge on any atom is -0.486 e. The lowest BCUT2D eigenvalue weighted by Crippen LogP contribution is -2.38. The number of halogens is 1. The quantitative estimate of drug-likeness (QED) is 0.831. The van der Waals surface area contributed by atoms with Crippen molar-refractivity contribution in [2.75, 3.05) is 32.8 Å². The van der Waals surface area contributed by atoms with E-state index in [-0.39, 0.29) is 18.3 Å². The van der Waals surface area contributed by atoms with Crippen LogP contribution in [0.15, 0.2) is 12.1 Å². The molecule has 4 nitrogen and oxygen atoms in total. The maximum absolute atomic E-state index is 12.9. The van der Waals surface area contributed by atoms with Gasteiger partial charge < -0.3 is 14.4 Å². The van der Waals surface area contributed by atoms with Gasteiger partial charge in [0.25, 0.3) is 0 Å². The fourth-order valence-electron chi connectivity index (χ4n) is 3.88. The van der Waals surface area contributed by atoms with Crippen LogP contribution in [0.25, 0.3) is 0 Å². The fourth-order valence-corrected chi connectivity index (χ4v) is 3.88. The van der Waals surface area contributed by atoms with Gasteiger partial charge in [0.15, 0.2) is 17.3 Å². The van der Waals surface area contributed by atoms with Gasteiger partial charge in [-0.25, -0.2) is 0 Å². The molecule has 1 aliphatic carbocycles. The van der Waals surface area contributed by atoms with Crippen molar-refractivity contribution in [1.82, 2.24) is 4.90 Å². The third kappa shape index (κ3) is 3.33. The molecule has 1 aromatic carbocycles. The molecule has 1 fully saturated rings. The number of nitrogens with zero attached hydrogens (tertiary/aromatic N) is 1. The van der Waals surface area contributed by atoms with Crippen LogP contribution in [0.4, 0.5) is 0 Å². The van der Waals surface area contributed by atoms with Gasteiger partial charge in [0, 0.05) is 18.0 Å². The molecule has 1 aromatic rings. The number of Topliss-reactive ketones (excluding diaryl/α,β-unsaturated/α-hetero) is 1. The highest BCUT2D eigenvalue weighted by Crippen LogP contribution is 2.37. The maximum Gasteiger partial charge on any atom is 0.167 e. The largest absolute Gasteiger partial charge is 0.486 e. The summed E-state index contributed by atoms with van der Waals surface area (Å²) in [6.45, 7) is 4.39. The predicted octanol–water partition coefficient (Wildman–Crippen LogP) is 3.11. The number of rotatable bonds is 2. The summed E-state index contributed by atoms with van der Waals surface area (Å²) in [5.41, 5.74) is 1.99. The van der Waals surface area contributed by atoms with Gasteiger partial charge in [0.1, 0.15) is 13.2 Å². The number of ketones is 1. The molecule has 0 amide bonds. The van der Waals surface area contributed by atoms with Gasteiger partial charge in [0.05, 0.1) is 0 Å². The van der Waals surface area contributed by atoms with E-state index in [0.717, 1.165) is 55.1 Å². The number of hydrogen-bond acceptors (Lipinski definition) is 4. The van der Waals surface area contributed by atoms with Crippen molar-refractivity contribution in [2.24, 2.45) is 5.92 Å². The Morgan fingerprint density at radius 1 is 1.04 bits per heavy atom. The summed E-state index contributed by atoms with van der Waals surface area (Å²) in [5.74, 6) is 1.97. The first-order chi connectivity index (χ1) is 10.8. The molecule has 0 radical (unpaired) electrons. The summed E-state index contributed by atoms with van der Waals surface area (Å²) in [6, 6.07) is 3.92. The molecule has 0 N–H and O–H groups in total. The Hall–Kier alpha value is -1.26. The van der Waals surface area contributed by atoms with Gasteiger partial charge in [-0.05, 0) is 56.5 Å². The third-order valence-electron chi connectivity index (χ3n) is 5.09. The zero-order valence-corrected chi connectivity index (χ0v) is 14.2. The Bertz CT molecular complexity index is 584. The summed E-state index contributed by atoms with van der Waals surface area (Å²) >= 11 is 0. The number of carbonyl (C=O) groups excluding carboxylic acids is 1. The van der Waals surface area contributed by atoms with E-state index < -0.39 is 0 Å². The second-order valence-electron chi connectivity index (χ2n) is 6.61. The van der Waals surface area contributed by atoms with Gasteiger partial charge in [-0.3, -0.25) is 4.79 Å². The van der Waals surface area contributed by atoms with Crippen molar-refractivity contribution in [1.29, 1.82) is 0 Å². The lowest BCUT2D eigenvalue weighted by molar-refractivity contribution is 0.0844. The van der Waals surface area contributed by atoms with Gasteiger partial charge in [-0.1, -0.05) is 6.42 Å². The Kier molecular flexibility index (Phi) is 5.12. The van der Waals surface area contributed by atoms with Gasteiger partial charge in [0.2, 0.25) is 0 Å². The number of ether oxygens (including phenoxy) is 2. The predicted molar refractivity (Wildman–Crippen MR) is 91.1 cm³/mol. The third-order valence-corrected chi connectivity index (χ3v) is 5.09. The van der Waals surface area contributed by atoms with E-state index >= 15 is 0 Å². The Labute approximate surface area is 143 Å². The molecular formula is C18H24ClNO3. The van der Waals surface area contributed by atoms with E-state index in [9.17, 15) is 4.79 Å². The van der Waals surface area contributed by atoms with Crippen LogP contribution in [0.1, 0.15) is 41.6 Å². The lowest BCUT2D eigenvalue weighted by Gasteiger charge is -2.32. The first kappa shape index (κ1) is 16.6. The van der Waals surface area contributed by atoms with Gasteiger partial charge in [-0.15, -0.1) is 12.4 Å². The van der Waals surface area contributed by atoms with Crippen molar-refractivity contribution in [3.05, 3.63) is 23.3 Å². The molecule has 3 aliphatic rings. The second-order valence-corrected chi connectivity index (χ2v) is 6.61. The van der Waals surface area contributed by atoms with Crippen LogP contribution < -0.4 is 9.47 Å². The number of hydrogen-bond donors (Lipinski definition) is 0. The summed E-state index contributed by atoms with van der Waals surface area (Å²) in [5, 5.41) is 0. The zero-order chi connectivity index (χ0) is 14.9. The van der Waals surface area contributed by atoms with E-state index in [1.54, 1.807) is 0 Å². The minimum absolute atomic E-state index is 0. The molecule has 0 bridgehead atoms. The molecule has 126 valence electrons. The number of benzene rings is 1. The number of piperidine rings is 1. The summed E-state index contributed by atoms with van der Waals surface area (Å²) < 4.78 is 11.3. The van der Waals surface area contributed by atoms with E-state index in [4.69, 9.17) is 9.47 Å². The van der Waals surface area contributed by atoms with Crippen molar-refractivity contribution in [2.45, 2.75) is 32.1 Å². The molecule has 0 aromatic heterocycles. The summed E-state index contributed by atoms with van der Waals surface area (Å²) in [6.07, 6.45) is 5.81. The maximum atomic E-state index is 12.9. The molecular weight excluding hydrogens is 314 g/mol. The van der Waals surface area contributed by atoms with Crippen LogP contribution in [-0.2, 0) is 6.42 Å². The number of likely N-dealkylation sites (tertiary alicyclic amines) is 1. The first-order valence-electron chi connectivity index (χ1n) is 8.50. The minimum atomic E-state index is 0. The normalized spacial score (nSPS) is 23.8. The number of fused-ring (bicyclic) bond motifs is 2. The standard InChI is InChI=1S/C18H23NO3.ClH/c20-18-14(12-19-6-2-1-3-7-19)5-4-13-10-16-17(11-15(13)18)22-9-8-21-16;/h10-11,14H,1-9,12H2;1H. The van der Waals surface area contributed by atoms with Crippen LogP contribution in [0.3, 0.4) is 0 Å². The van der Waals surface area contributed by atoms with Crippen LogP contribution in [0.5, 0.6) is 11.5 Å². The van der Waals surface area contributed by atoms with Crippen molar-refractivity contribution < 1.29 is 14.3 Å². The summed E-state index contributed by atoms with van der Waals surface area (Å²) in [4.78, 5) is 15.3. The molecule has 1 unspecified atom stereocenters. The SMILES string of the molecule is Cl.O=C1c2cc3c(cc2CCC1CN1CCCCC1)OCCO3. The highest BCUT2D eigenvalue weighted by atomic mass is 35.5. The van der Waals surface area contributed by atoms with Crippen LogP contribution in [-0.4, -0.2) is 43.5 Å². The van der Waals surface area contributed by atoms with Crippen LogP contribution in [0.2, 0.25) is 0 Å². The smallest absolute Gasteiger partial charge is 0.167 e. The molecule has 2 aliphatic heterocycles. The van der Waals surface area contributed by atoms with Crippen molar-refractivity contribution in [3.63, 3.8) is 0 Å².